The molecule has 1 rings (SSSR count). The van der Waals surface area contributed by atoms with Crippen LogP contribution in [0.4, 0.5) is 0 Å². The maximum atomic E-state index is 10.3. The Bertz CT molecular complexity index is 167. The summed E-state index contributed by atoms with van der Waals surface area (Å²) in [6, 6.07) is -0.740. The molecule has 0 unspecified atom stereocenters. The van der Waals surface area contributed by atoms with E-state index >= 15 is 0 Å². The normalized spacial score (nSPS) is 22.7. The largest absolute Gasteiger partial charge is 0.480 e. The number of aliphatic carboxylic acids is 1. The van der Waals surface area contributed by atoms with E-state index in [9.17, 15) is 4.79 Å². The summed E-state index contributed by atoms with van der Waals surface area (Å²) in [5, 5.41) is 8.43. The first-order valence-electron chi connectivity index (χ1n) is 3.56. The second kappa shape index (κ2) is 2.77. The van der Waals surface area contributed by atoms with Gasteiger partial charge in [0.05, 0.1) is 5.66 Å². The molecule has 0 aliphatic carbocycles. The number of carbonyl (C=O) groups is 1. The molecule has 11 heavy (non-hydrogen) atoms. The van der Waals surface area contributed by atoms with Crippen LogP contribution in [0.1, 0.15) is 19.8 Å². The molecule has 5 nitrogen and oxygen atoms in total. The van der Waals surface area contributed by atoms with E-state index in [-0.39, 0.29) is 5.66 Å². The zero-order chi connectivity index (χ0) is 8.48. The second-order valence-corrected chi connectivity index (χ2v) is 3.07. The summed E-state index contributed by atoms with van der Waals surface area (Å²) < 4.78 is 0. The van der Waals surface area contributed by atoms with Gasteiger partial charge in [-0.25, -0.2) is 10.9 Å². The summed E-state index contributed by atoms with van der Waals surface area (Å²) in [5.74, 6) is -0.936. The molecule has 1 aliphatic rings. The quantitative estimate of drug-likeness (QED) is 0.394. The molecule has 1 heterocycles. The Balaban J connectivity index is 2.16. The zero-order valence-electron chi connectivity index (χ0n) is 6.42. The van der Waals surface area contributed by atoms with Crippen LogP contribution in [-0.4, -0.2) is 22.8 Å². The smallest absolute Gasteiger partial charge is 0.320 e. The van der Waals surface area contributed by atoms with E-state index in [2.05, 4.69) is 10.9 Å². The Hall–Kier alpha value is -0.650. The van der Waals surface area contributed by atoms with E-state index in [1.54, 1.807) is 0 Å². The minimum atomic E-state index is -0.936. The average Bonchev–Trinajstić information content (AvgIpc) is 2.64. The van der Waals surface area contributed by atoms with Gasteiger partial charge in [0.1, 0.15) is 6.04 Å². The van der Waals surface area contributed by atoms with Crippen LogP contribution >= 0.6 is 0 Å². The average molecular weight is 159 g/mol. The van der Waals surface area contributed by atoms with Crippen molar-refractivity contribution in [1.82, 2.24) is 10.9 Å². The number of nitrogens with one attached hydrogen (secondary N) is 2. The summed E-state index contributed by atoms with van der Waals surface area (Å²) in [7, 11) is 0. The van der Waals surface area contributed by atoms with E-state index in [0.29, 0.717) is 6.42 Å². The monoisotopic (exact) mass is 159 g/mol. The molecule has 0 aromatic rings. The molecule has 0 spiro atoms. The first-order chi connectivity index (χ1) is 5.03. The summed E-state index contributed by atoms with van der Waals surface area (Å²) in [4.78, 5) is 10.3. The van der Waals surface area contributed by atoms with Crippen LogP contribution in [0.25, 0.3) is 0 Å². The molecule has 5 N–H and O–H groups in total. The van der Waals surface area contributed by atoms with E-state index in [1.165, 1.54) is 0 Å². The molecule has 64 valence electrons. The highest BCUT2D eigenvalue weighted by molar-refractivity contribution is 5.72. The van der Waals surface area contributed by atoms with Gasteiger partial charge in [0.2, 0.25) is 0 Å². The standard InChI is InChI=1S/C6H13N3O2/c1-6(8-9-6)3-2-4(7)5(10)11/h4,8-9H,2-3,7H2,1H3,(H,10,11)/t4-/m0/s1. The number of hydrogen-bond donors (Lipinski definition) is 4. The van der Waals surface area contributed by atoms with E-state index in [0.717, 1.165) is 6.42 Å². The lowest BCUT2D eigenvalue weighted by molar-refractivity contribution is -0.138. The molecule has 0 saturated carbocycles. The van der Waals surface area contributed by atoms with Crippen molar-refractivity contribution in [2.24, 2.45) is 5.73 Å². The van der Waals surface area contributed by atoms with Crippen molar-refractivity contribution in [3.05, 3.63) is 0 Å². The van der Waals surface area contributed by atoms with Gasteiger partial charge in [0, 0.05) is 0 Å². The van der Waals surface area contributed by atoms with Gasteiger partial charge < -0.3 is 10.8 Å². The summed E-state index contributed by atoms with van der Waals surface area (Å²) >= 11 is 0. The van der Waals surface area contributed by atoms with Gasteiger partial charge in [-0.15, -0.1) is 0 Å². The summed E-state index contributed by atoms with van der Waals surface area (Å²) in [6.45, 7) is 1.96. The second-order valence-electron chi connectivity index (χ2n) is 3.07. The molecule has 0 amide bonds. The number of rotatable bonds is 4. The lowest BCUT2D eigenvalue weighted by Gasteiger charge is -2.07. The van der Waals surface area contributed by atoms with Crippen LogP contribution < -0.4 is 16.6 Å². The molecule has 1 fully saturated rings. The number of hydrazine groups is 1. The third-order valence-electron chi connectivity index (χ3n) is 1.82. The molecular formula is C6H13N3O2. The molecule has 1 atom stereocenters. The lowest BCUT2D eigenvalue weighted by Crippen LogP contribution is -2.31. The first kappa shape index (κ1) is 8.45. The van der Waals surface area contributed by atoms with Crippen LogP contribution in [0.15, 0.2) is 0 Å². The highest BCUT2D eigenvalue weighted by atomic mass is 16.4. The van der Waals surface area contributed by atoms with Crippen LogP contribution in [0.5, 0.6) is 0 Å². The third kappa shape index (κ3) is 2.45. The number of nitrogens with two attached hydrogens (primary N) is 1. The van der Waals surface area contributed by atoms with Crippen LogP contribution in [0, 0.1) is 0 Å². The van der Waals surface area contributed by atoms with Crippen molar-refractivity contribution in [3.8, 4) is 0 Å². The molecule has 0 radical (unpaired) electrons. The maximum Gasteiger partial charge on any atom is 0.320 e. The van der Waals surface area contributed by atoms with E-state index in [4.69, 9.17) is 10.8 Å². The number of hydrogen-bond acceptors (Lipinski definition) is 4. The fourth-order valence-corrected chi connectivity index (χ4v) is 0.799. The summed E-state index contributed by atoms with van der Waals surface area (Å²) in [5.41, 5.74) is 11.0. The van der Waals surface area contributed by atoms with Gasteiger partial charge in [-0.05, 0) is 19.8 Å². The topological polar surface area (TPSA) is 107 Å². The van der Waals surface area contributed by atoms with Crippen molar-refractivity contribution in [3.63, 3.8) is 0 Å². The van der Waals surface area contributed by atoms with Crippen molar-refractivity contribution >= 4 is 5.97 Å². The molecule has 5 heteroatoms. The van der Waals surface area contributed by atoms with Gasteiger partial charge in [-0.3, -0.25) is 4.79 Å². The van der Waals surface area contributed by atoms with Crippen LogP contribution in [0.2, 0.25) is 0 Å². The van der Waals surface area contributed by atoms with Gasteiger partial charge in [0.15, 0.2) is 0 Å². The third-order valence-corrected chi connectivity index (χ3v) is 1.82. The molecule has 0 aromatic carbocycles. The van der Waals surface area contributed by atoms with Crippen LogP contribution in [-0.2, 0) is 4.79 Å². The minimum absolute atomic E-state index is 0.0763. The highest BCUT2D eigenvalue weighted by Crippen LogP contribution is 2.16. The van der Waals surface area contributed by atoms with Gasteiger partial charge in [-0.1, -0.05) is 0 Å². The Morgan fingerprint density at radius 2 is 2.27 bits per heavy atom. The Labute approximate surface area is 64.9 Å². The zero-order valence-corrected chi connectivity index (χ0v) is 6.42. The Morgan fingerprint density at radius 3 is 2.64 bits per heavy atom. The fourth-order valence-electron chi connectivity index (χ4n) is 0.799. The van der Waals surface area contributed by atoms with Gasteiger partial charge >= 0.3 is 5.97 Å². The molecule has 1 saturated heterocycles. The summed E-state index contributed by atoms with van der Waals surface area (Å²) in [6.07, 6.45) is 1.23. The lowest BCUT2D eigenvalue weighted by atomic mass is 10.1. The van der Waals surface area contributed by atoms with E-state index < -0.39 is 12.0 Å². The highest BCUT2D eigenvalue weighted by Gasteiger charge is 2.36. The van der Waals surface area contributed by atoms with Gasteiger partial charge in [0.25, 0.3) is 0 Å². The van der Waals surface area contributed by atoms with Crippen LogP contribution in [0.3, 0.4) is 0 Å². The van der Waals surface area contributed by atoms with Crippen molar-refractivity contribution in [2.75, 3.05) is 0 Å². The molecule has 0 bridgehead atoms. The number of carboxylic acid groups (broad SMARTS) is 1. The first-order valence-corrected chi connectivity index (χ1v) is 3.56. The SMILES string of the molecule is CC1(CC[C@H](N)C(=O)O)NN1. The molecular weight excluding hydrogens is 146 g/mol. The van der Waals surface area contributed by atoms with Gasteiger partial charge in [-0.2, -0.15) is 0 Å². The molecule has 1 aliphatic heterocycles. The Morgan fingerprint density at radius 1 is 1.73 bits per heavy atom. The predicted octanol–water partition coefficient (Wildman–Crippen LogP) is -0.997. The number of carboxylic acids is 1. The predicted molar refractivity (Wildman–Crippen MR) is 39.5 cm³/mol. The van der Waals surface area contributed by atoms with E-state index in [1.807, 2.05) is 6.92 Å². The van der Waals surface area contributed by atoms with Crippen molar-refractivity contribution in [2.45, 2.75) is 31.5 Å². The minimum Gasteiger partial charge on any atom is -0.480 e. The maximum absolute atomic E-state index is 10.3. The molecule has 0 aromatic heterocycles. The van der Waals surface area contributed by atoms with Crippen molar-refractivity contribution in [1.29, 1.82) is 0 Å². The fraction of sp³-hybridized carbons (Fsp3) is 0.833. The Kier molecular flexibility index (Phi) is 2.12. The van der Waals surface area contributed by atoms with Crippen molar-refractivity contribution < 1.29 is 9.90 Å².